The molecule has 1 amide bonds. The minimum Gasteiger partial charge on any atom is -0.472 e. The maximum absolute atomic E-state index is 13.8. The molecule has 24 heavy (non-hydrogen) atoms. The van der Waals surface area contributed by atoms with E-state index in [0.29, 0.717) is 38.9 Å². The van der Waals surface area contributed by atoms with Gasteiger partial charge in [0.2, 0.25) is 5.91 Å². The summed E-state index contributed by atoms with van der Waals surface area (Å²) >= 11 is 0. The quantitative estimate of drug-likeness (QED) is 0.836. The Bertz CT molecular complexity index is 635. The molecule has 6 nitrogen and oxygen atoms in total. The Labute approximate surface area is 140 Å². The normalized spacial score (nSPS) is 21.0. The lowest BCUT2D eigenvalue weighted by Crippen LogP contribution is -2.39. The molecular weight excluding hydrogens is 311 g/mol. The second kappa shape index (κ2) is 8.01. The van der Waals surface area contributed by atoms with E-state index in [9.17, 15) is 9.18 Å². The Balaban J connectivity index is 1.46. The summed E-state index contributed by atoms with van der Waals surface area (Å²) in [6, 6.07) is 1.85. The van der Waals surface area contributed by atoms with Crippen LogP contribution in [0.3, 0.4) is 0 Å². The van der Waals surface area contributed by atoms with Gasteiger partial charge in [-0.25, -0.2) is 14.4 Å². The van der Waals surface area contributed by atoms with Crippen LogP contribution in [0.1, 0.15) is 24.0 Å². The van der Waals surface area contributed by atoms with Crippen molar-refractivity contribution in [1.29, 1.82) is 0 Å². The number of nitrogens with one attached hydrogen (secondary N) is 1. The molecule has 0 bridgehead atoms. The van der Waals surface area contributed by atoms with Crippen molar-refractivity contribution < 1.29 is 13.6 Å². The summed E-state index contributed by atoms with van der Waals surface area (Å²) in [6.07, 6.45) is 8.81. The molecule has 128 valence electrons. The summed E-state index contributed by atoms with van der Waals surface area (Å²) in [6.45, 7) is 1.43. The van der Waals surface area contributed by atoms with Gasteiger partial charge in [0.1, 0.15) is 12.5 Å². The molecule has 3 heterocycles. The third kappa shape index (κ3) is 4.61. The van der Waals surface area contributed by atoms with Crippen LogP contribution in [0.4, 0.5) is 4.39 Å². The third-order valence-corrected chi connectivity index (χ3v) is 4.23. The van der Waals surface area contributed by atoms with Crippen LogP contribution in [0.5, 0.6) is 0 Å². The molecule has 7 heteroatoms. The van der Waals surface area contributed by atoms with Crippen molar-refractivity contribution in [2.24, 2.45) is 0 Å². The van der Waals surface area contributed by atoms with Gasteiger partial charge in [0.05, 0.1) is 12.5 Å². The second-order valence-electron chi connectivity index (χ2n) is 6.10. The lowest BCUT2D eigenvalue weighted by molar-refractivity contribution is -0.121. The van der Waals surface area contributed by atoms with Crippen LogP contribution in [-0.2, 0) is 17.8 Å². The van der Waals surface area contributed by atoms with Gasteiger partial charge in [-0.15, -0.1) is 0 Å². The van der Waals surface area contributed by atoms with Gasteiger partial charge in [0.25, 0.3) is 0 Å². The number of aryl methyl sites for hydroxylation is 1. The first-order valence-corrected chi connectivity index (χ1v) is 8.10. The molecular formula is C17H21FN4O2. The van der Waals surface area contributed by atoms with Crippen molar-refractivity contribution in [3.8, 4) is 0 Å². The molecule has 0 aliphatic carbocycles. The molecule has 0 radical (unpaired) electrons. The maximum Gasteiger partial charge on any atom is 0.220 e. The number of furan rings is 1. The van der Waals surface area contributed by atoms with Gasteiger partial charge >= 0.3 is 0 Å². The molecule has 1 aliphatic rings. The molecule has 1 N–H and O–H groups in total. The highest BCUT2D eigenvalue weighted by molar-refractivity contribution is 5.76. The number of alkyl halides is 1. The first kappa shape index (κ1) is 16.6. The van der Waals surface area contributed by atoms with E-state index in [2.05, 4.69) is 15.3 Å². The number of likely N-dealkylation sites (tertiary alicyclic amines) is 1. The zero-order valence-corrected chi connectivity index (χ0v) is 13.4. The Hall–Kier alpha value is -2.28. The number of amides is 1. The van der Waals surface area contributed by atoms with Gasteiger partial charge in [-0.3, -0.25) is 9.69 Å². The van der Waals surface area contributed by atoms with Gasteiger partial charge in [-0.05, 0) is 24.5 Å². The minimum absolute atomic E-state index is 0.00178. The molecule has 1 saturated heterocycles. The molecule has 0 saturated carbocycles. The number of hydrogen-bond acceptors (Lipinski definition) is 5. The van der Waals surface area contributed by atoms with Crippen molar-refractivity contribution in [1.82, 2.24) is 20.2 Å². The van der Waals surface area contributed by atoms with Gasteiger partial charge in [-0.2, -0.15) is 0 Å². The molecule has 0 unspecified atom stereocenters. The van der Waals surface area contributed by atoms with E-state index in [-0.39, 0.29) is 11.9 Å². The molecule has 1 aliphatic heterocycles. The zero-order valence-electron chi connectivity index (χ0n) is 13.4. The van der Waals surface area contributed by atoms with E-state index in [0.717, 1.165) is 11.1 Å². The number of hydrogen-bond donors (Lipinski definition) is 1. The molecule has 2 atom stereocenters. The van der Waals surface area contributed by atoms with Gasteiger partial charge in [0.15, 0.2) is 0 Å². The first-order valence-electron chi connectivity index (χ1n) is 8.10. The summed E-state index contributed by atoms with van der Waals surface area (Å²) in [5.74, 6) is -0.0264. The summed E-state index contributed by atoms with van der Waals surface area (Å²) in [5, 5.41) is 2.91. The fourth-order valence-electron chi connectivity index (χ4n) is 2.99. The SMILES string of the molecule is O=C(CCc1ccoc1)NC[C@@H]1C[C@H](F)CN1Cc1cncnc1. The Morgan fingerprint density at radius 1 is 1.38 bits per heavy atom. The molecule has 3 rings (SSSR count). The molecule has 1 fully saturated rings. The first-order chi connectivity index (χ1) is 11.7. The highest BCUT2D eigenvalue weighted by Crippen LogP contribution is 2.22. The summed E-state index contributed by atoms with van der Waals surface area (Å²) in [4.78, 5) is 22.0. The summed E-state index contributed by atoms with van der Waals surface area (Å²) in [5.41, 5.74) is 1.95. The third-order valence-electron chi connectivity index (χ3n) is 4.23. The molecule has 0 aromatic carbocycles. The van der Waals surface area contributed by atoms with Crippen molar-refractivity contribution in [2.45, 2.75) is 38.0 Å². The van der Waals surface area contributed by atoms with Crippen molar-refractivity contribution in [2.75, 3.05) is 13.1 Å². The average molecular weight is 332 g/mol. The Morgan fingerprint density at radius 3 is 2.96 bits per heavy atom. The van der Waals surface area contributed by atoms with Gasteiger partial charge < -0.3 is 9.73 Å². The van der Waals surface area contributed by atoms with Crippen molar-refractivity contribution in [3.05, 3.63) is 48.4 Å². The maximum atomic E-state index is 13.8. The van der Waals surface area contributed by atoms with E-state index >= 15 is 0 Å². The Morgan fingerprint density at radius 2 is 2.21 bits per heavy atom. The number of nitrogens with zero attached hydrogens (tertiary/aromatic N) is 3. The highest BCUT2D eigenvalue weighted by atomic mass is 19.1. The smallest absolute Gasteiger partial charge is 0.220 e. The summed E-state index contributed by atoms with van der Waals surface area (Å²) < 4.78 is 18.8. The topological polar surface area (TPSA) is 71.3 Å². The number of carbonyl (C=O) groups is 1. The number of aromatic nitrogens is 2. The fraction of sp³-hybridized carbons (Fsp3) is 0.471. The van der Waals surface area contributed by atoms with E-state index in [1.807, 2.05) is 11.0 Å². The van der Waals surface area contributed by atoms with Crippen LogP contribution in [0.15, 0.2) is 41.7 Å². The predicted octanol–water partition coefficient (Wildman–Crippen LogP) is 1.73. The van der Waals surface area contributed by atoms with Crippen molar-refractivity contribution >= 4 is 5.91 Å². The van der Waals surface area contributed by atoms with Gasteiger partial charge in [-0.1, -0.05) is 0 Å². The van der Waals surface area contributed by atoms with Crippen molar-refractivity contribution in [3.63, 3.8) is 0 Å². The monoisotopic (exact) mass is 332 g/mol. The van der Waals surface area contributed by atoms with Crippen LogP contribution in [0.25, 0.3) is 0 Å². The standard InChI is InChI=1S/C17H21FN4O2/c18-15-5-16(22(10-15)9-14-6-19-12-20-7-14)8-21-17(23)2-1-13-3-4-24-11-13/h3-4,6-7,11-12,15-16H,1-2,5,8-10H2,(H,21,23)/t15-,16-/m0/s1. The molecule has 2 aromatic heterocycles. The highest BCUT2D eigenvalue weighted by Gasteiger charge is 2.32. The molecule has 2 aromatic rings. The van der Waals surface area contributed by atoms with E-state index < -0.39 is 6.17 Å². The minimum atomic E-state index is -0.859. The van der Waals surface area contributed by atoms with Crippen LogP contribution in [0.2, 0.25) is 0 Å². The Kier molecular flexibility index (Phi) is 5.53. The largest absolute Gasteiger partial charge is 0.472 e. The number of carbonyl (C=O) groups excluding carboxylic acids is 1. The lowest BCUT2D eigenvalue weighted by Gasteiger charge is -2.24. The van der Waals surface area contributed by atoms with E-state index in [4.69, 9.17) is 4.42 Å². The van der Waals surface area contributed by atoms with Crippen LogP contribution < -0.4 is 5.32 Å². The van der Waals surface area contributed by atoms with E-state index in [1.54, 1.807) is 24.9 Å². The zero-order chi connectivity index (χ0) is 16.8. The van der Waals surface area contributed by atoms with E-state index in [1.165, 1.54) is 6.33 Å². The molecule has 0 spiro atoms. The van der Waals surface area contributed by atoms with Crippen LogP contribution in [-0.4, -0.2) is 46.1 Å². The average Bonchev–Trinajstić information content (AvgIpc) is 3.22. The number of halogens is 1. The van der Waals surface area contributed by atoms with Crippen LogP contribution in [0, 0.1) is 0 Å². The summed E-state index contributed by atoms with van der Waals surface area (Å²) in [7, 11) is 0. The predicted molar refractivity (Wildman–Crippen MR) is 85.8 cm³/mol. The second-order valence-corrected chi connectivity index (χ2v) is 6.10. The lowest BCUT2D eigenvalue weighted by atomic mass is 10.1. The fourth-order valence-corrected chi connectivity index (χ4v) is 2.99. The van der Waals surface area contributed by atoms with Gasteiger partial charge in [0, 0.05) is 50.1 Å². The number of rotatable bonds is 7. The van der Waals surface area contributed by atoms with Crippen LogP contribution >= 0.6 is 0 Å².